The molecule has 1 aliphatic heterocycles. The van der Waals surface area contributed by atoms with E-state index in [9.17, 15) is 4.79 Å². The Hall–Kier alpha value is -1.51. The van der Waals surface area contributed by atoms with Crippen LogP contribution in [0.1, 0.15) is 20.3 Å². The Bertz CT molecular complexity index is 377. The van der Waals surface area contributed by atoms with Crippen molar-refractivity contribution in [1.82, 2.24) is 5.32 Å². The SMILES string of the molecule is CCOC(=O)C1=C2NC=CC2CC=C1C. The van der Waals surface area contributed by atoms with E-state index in [1.165, 1.54) is 0 Å². The summed E-state index contributed by atoms with van der Waals surface area (Å²) in [7, 11) is 0. The molecule has 0 spiro atoms. The van der Waals surface area contributed by atoms with Crippen LogP contribution in [-0.4, -0.2) is 12.6 Å². The molecule has 15 heavy (non-hydrogen) atoms. The predicted molar refractivity (Wildman–Crippen MR) is 57.8 cm³/mol. The molecule has 0 amide bonds. The van der Waals surface area contributed by atoms with Crippen molar-refractivity contribution in [3.05, 3.63) is 35.2 Å². The predicted octanol–water partition coefficient (Wildman–Crippen LogP) is 1.89. The summed E-state index contributed by atoms with van der Waals surface area (Å²) in [6.07, 6.45) is 7.04. The smallest absolute Gasteiger partial charge is 0.340 e. The van der Waals surface area contributed by atoms with E-state index in [0.717, 1.165) is 17.7 Å². The third-order valence-electron chi connectivity index (χ3n) is 2.76. The monoisotopic (exact) mass is 205 g/mol. The van der Waals surface area contributed by atoms with Gasteiger partial charge in [0.25, 0.3) is 0 Å². The van der Waals surface area contributed by atoms with Crippen molar-refractivity contribution in [2.75, 3.05) is 6.61 Å². The third-order valence-corrected chi connectivity index (χ3v) is 2.76. The molecule has 0 bridgehead atoms. The molecular formula is C12H15NO2. The first kappa shape index (κ1) is 10.0. The molecule has 0 fully saturated rings. The lowest BCUT2D eigenvalue weighted by molar-refractivity contribution is -0.138. The summed E-state index contributed by atoms with van der Waals surface area (Å²) in [5, 5.41) is 3.14. The minimum absolute atomic E-state index is 0.220. The standard InChI is InChI=1S/C12H15NO2/c1-3-15-12(14)10-8(2)4-5-9-6-7-13-11(9)10/h4,6-7,9,13H,3,5H2,1-2H3. The molecule has 1 heterocycles. The molecule has 1 atom stereocenters. The van der Waals surface area contributed by atoms with Gasteiger partial charge in [0.15, 0.2) is 0 Å². The van der Waals surface area contributed by atoms with Gasteiger partial charge in [0.2, 0.25) is 0 Å². The maximum absolute atomic E-state index is 11.8. The Labute approximate surface area is 89.5 Å². The van der Waals surface area contributed by atoms with Crippen molar-refractivity contribution in [2.45, 2.75) is 20.3 Å². The van der Waals surface area contributed by atoms with E-state index in [4.69, 9.17) is 4.74 Å². The second-order valence-electron chi connectivity index (χ2n) is 3.74. The molecule has 1 aliphatic carbocycles. The van der Waals surface area contributed by atoms with Crippen molar-refractivity contribution in [1.29, 1.82) is 0 Å². The molecule has 0 aromatic carbocycles. The van der Waals surface area contributed by atoms with Crippen LogP contribution in [0.2, 0.25) is 0 Å². The van der Waals surface area contributed by atoms with Gasteiger partial charge in [0.1, 0.15) is 0 Å². The summed E-state index contributed by atoms with van der Waals surface area (Å²) in [6, 6.07) is 0. The van der Waals surface area contributed by atoms with Gasteiger partial charge in [-0.05, 0) is 32.0 Å². The summed E-state index contributed by atoms with van der Waals surface area (Å²) in [4.78, 5) is 11.8. The molecule has 1 unspecified atom stereocenters. The second kappa shape index (κ2) is 3.93. The van der Waals surface area contributed by atoms with Gasteiger partial charge in [-0.15, -0.1) is 0 Å². The number of ether oxygens (including phenoxy) is 1. The van der Waals surface area contributed by atoms with Gasteiger partial charge in [-0.2, -0.15) is 0 Å². The Morgan fingerprint density at radius 1 is 1.67 bits per heavy atom. The number of allylic oxidation sites excluding steroid dienone is 2. The van der Waals surface area contributed by atoms with Gasteiger partial charge >= 0.3 is 5.97 Å². The van der Waals surface area contributed by atoms with Crippen LogP contribution in [0.4, 0.5) is 0 Å². The first-order chi connectivity index (χ1) is 7.24. The number of hydrogen-bond acceptors (Lipinski definition) is 3. The summed E-state index contributed by atoms with van der Waals surface area (Å²) in [6.45, 7) is 4.19. The number of hydrogen-bond donors (Lipinski definition) is 1. The second-order valence-corrected chi connectivity index (χ2v) is 3.74. The average Bonchev–Trinajstić information content (AvgIpc) is 2.65. The van der Waals surface area contributed by atoms with Crippen LogP contribution in [0.15, 0.2) is 35.2 Å². The molecule has 0 aromatic heterocycles. The Kier molecular flexibility index (Phi) is 2.62. The van der Waals surface area contributed by atoms with E-state index >= 15 is 0 Å². The first-order valence-electron chi connectivity index (χ1n) is 5.25. The number of fused-ring (bicyclic) bond motifs is 1. The zero-order valence-electron chi connectivity index (χ0n) is 9.04. The van der Waals surface area contributed by atoms with Gasteiger partial charge in [-0.3, -0.25) is 0 Å². The molecule has 0 radical (unpaired) electrons. The fourth-order valence-corrected chi connectivity index (χ4v) is 2.00. The van der Waals surface area contributed by atoms with E-state index in [1.807, 2.05) is 20.0 Å². The maximum Gasteiger partial charge on any atom is 0.340 e. The summed E-state index contributed by atoms with van der Waals surface area (Å²) in [5.41, 5.74) is 2.71. The minimum atomic E-state index is -0.220. The normalized spacial score (nSPS) is 23.3. The Morgan fingerprint density at radius 3 is 3.20 bits per heavy atom. The van der Waals surface area contributed by atoms with E-state index in [2.05, 4.69) is 17.5 Å². The summed E-state index contributed by atoms with van der Waals surface area (Å²) >= 11 is 0. The lowest BCUT2D eigenvalue weighted by atomic mass is 9.89. The Morgan fingerprint density at radius 2 is 2.47 bits per heavy atom. The molecular weight excluding hydrogens is 190 g/mol. The zero-order chi connectivity index (χ0) is 10.8. The van der Waals surface area contributed by atoms with Gasteiger partial charge in [0, 0.05) is 11.6 Å². The highest BCUT2D eigenvalue weighted by Gasteiger charge is 2.28. The average molecular weight is 205 g/mol. The van der Waals surface area contributed by atoms with E-state index < -0.39 is 0 Å². The van der Waals surface area contributed by atoms with E-state index in [-0.39, 0.29) is 5.97 Å². The van der Waals surface area contributed by atoms with Gasteiger partial charge in [0.05, 0.1) is 12.2 Å². The van der Waals surface area contributed by atoms with Gasteiger partial charge < -0.3 is 10.1 Å². The van der Waals surface area contributed by atoms with Crippen LogP contribution >= 0.6 is 0 Å². The Balaban J connectivity index is 2.33. The lowest BCUT2D eigenvalue weighted by Gasteiger charge is -2.20. The highest BCUT2D eigenvalue weighted by molar-refractivity contribution is 5.94. The number of carbonyl (C=O) groups excluding carboxylic acids is 1. The fraction of sp³-hybridized carbons (Fsp3) is 0.417. The highest BCUT2D eigenvalue weighted by atomic mass is 16.5. The molecule has 80 valence electrons. The minimum Gasteiger partial charge on any atom is -0.462 e. The van der Waals surface area contributed by atoms with Crippen molar-refractivity contribution < 1.29 is 9.53 Å². The molecule has 2 aliphatic rings. The van der Waals surface area contributed by atoms with Crippen LogP contribution in [0.5, 0.6) is 0 Å². The van der Waals surface area contributed by atoms with Crippen LogP contribution in [0.25, 0.3) is 0 Å². The highest BCUT2D eigenvalue weighted by Crippen LogP contribution is 2.32. The number of esters is 1. The molecule has 3 nitrogen and oxygen atoms in total. The van der Waals surface area contributed by atoms with Crippen LogP contribution in [0, 0.1) is 5.92 Å². The summed E-state index contributed by atoms with van der Waals surface area (Å²) in [5.74, 6) is 0.107. The van der Waals surface area contributed by atoms with Crippen molar-refractivity contribution in [2.24, 2.45) is 5.92 Å². The largest absolute Gasteiger partial charge is 0.462 e. The van der Waals surface area contributed by atoms with Crippen molar-refractivity contribution in [3.8, 4) is 0 Å². The molecule has 0 saturated heterocycles. The fourth-order valence-electron chi connectivity index (χ4n) is 2.00. The topological polar surface area (TPSA) is 38.3 Å². The molecule has 1 N–H and O–H groups in total. The quantitative estimate of drug-likeness (QED) is 0.699. The number of nitrogens with one attached hydrogen (secondary N) is 1. The number of rotatable bonds is 2. The zero-order valence-corrected chi connectivity index (χ0v) is 9.04. The first-order valence-corrected chi connectivity index (χ1v) is 5.25. The molecule has 0 saturated carbocycles. The van der Waals surface area contributed by atoms with Gasteiger partial charge in [-0.1, -0.05) is 12.2 Å². The van der Waals surface area contributed by atoms with Crippen LogP contribution in [-0.2, 0) is 9.53 Å². The number of carbonyl (C=O) groups is 1. The third kappa shape index (κ3) is 1.69. The van der Waals surface area contributed by atoms with Crippen molar-refractivity contribution >= 4 is 5.97 Å². The summed E-state index contributed by atoms with van der Waals surface area (Å²) < 4.78 is 5.05. The van der Waals surface area contributed by atoms with Crippen LogP contribution < -0.4 is 5.32 Å². The van der Waals surface area contributed by atoms with E-state index in [1.54, 1.807) is 0 Å². The molecule has 3 heteroatoms. The molecule has 2 rings (SSSR count). The van der Waals surface area contributed by atoms with Gasteiger partial charge in [-0.25, -0.2) is 4.79 Å². The van der Waals surface area contributed by atoms with Crippen molar-refractivity contribution in [3.63, 3.8) is 0 Å². The van der Waals surface area contributed by atoms with E-state index in [0.29, 0.717) is 18.1 Å². The lowest BCUT2D eigenvalue weighted by Crippen LogP contribution is -2.21. The maximum atomic E-state index is 11.8. The van der Waals surface area contributed by atoms with Crippen LogP contribution in [0.3, 0.4) is 0 Å². The molecule has 0 aromatic rings.